The predicted molar refractivity (Wildman–Crippen MR) is 169 cm³/mol. The topological polar surface area (TPSA) is 116 Å². The minimum Gasteiger partial charge on any atom is -0.345 e. The molecule has 8 nitrogen and oxygen atoms in total. The molecule has 0 aliphatic carbocycles. The first-order valence-corrected chi connectivity index (χ1v) is 14.3. The largest absolute Gasteiger partial charge is 0.345 e. The summed E-state index contributed by atoms with van der Waals surface area (Å²) in [5.74, 6) is -1.21. The molecular formula is C35H36N4O4. The number of carbonyl (C=O) groups is 4. The molecule has 2 unspecified atom stereocenters. The molecule has 0 bridgehead atoms. The molecule has 0 radical (unpaired) electrons. The van der Waals surface area contributed by atoms with E-state index in [0.29, 0.717) is 22.5 Å². The third kappa shape index (κ3) is 8.87. The van der Waals surface area contributed by atoms with Crippen molar-refractivity contribution in [2.75, 3.05) is 10.6 Å². The molecule has 4 aromatic carbocycles. The number of para-hydroxylation sites is 2. The molecule has 0 saturated heterocycles. The molecule has 0 aromatic heterocycles. The number of amides is 4. The number of carbonyl (C=O) groups excluding carboxylic acids is 4. The summed E-state index contributed by atoms with van der Waals surface area (Å²) >= 11 is 0. The van der Waals surface area contributed by atoms with Crippen molar-refractivity contribution in [3.63, 3.8) is 0 Å². The van der Waals surface area contributed by atoms with Crippen LogP contribution in [0.5, 0.6) is 0 Å². The maximum Gasteiger partial charge on any atom is 0.253 e. The molecule has 0 saturated carbocycles. The van der Waals surface area contributed by atoms with Crippen LogP contribution in [-0.2, 0) is 9.59 Å². The molecule has 0 aliphatic rings. The maximum atomic E-state index is 13.0. The fraction of sp³-hybridized carbons (Fsp3) is 0.200. The van der Waals surface area contributed by atoms with Crippen LogP contribution in [0.25, 0.3) is 0 Å². The van der Waals surface area contributed by atoms with Crippen molar-refractivity contribution in [3.8, 4) is 0 Å². The second-order valence-electron chi connectivity index (χ2n) is 10.3. The Morgan fingerprint density at radius 2 is 0.860 bits per heavy atom. The van der Waals surface area contributed by atoms with E-state index in [4.69, 9.17) is 0 Å². The van der Waals surface area contributed by atoms with Crippen molar-refractivity contribution in [3.05, 3.63) is 131 Å². The summed E-state index contributed by atoms with van der Waals surface area (Å²) in [6, 6.07) is 32.4. The molecule has 8 heteroatoms. The van der Waals surface area contributed by atoms with Crippen molar-refractivity contribution in [2.45, 2.75) is 45.2 Å². The van der Waals surface area contributed by atoms with Gasteiger partial charge in [-0.25, -0.2) is 0 Å². The van der Waals surface area contributed by atoms with Gasteiger partial charge in [-0.05, 0) is 55.7 Å². The first-order chi connectivity index (χ1) is 20.8. The van der Waals surface area contributed by atoms with Crippen molar-refractivity contribution in [2.24, 2.45) is 0 Å². The first-order valence-electron chi connectivity index (χ1n) is 14.3. The van der Waals surface area contributed by atoms with E-state index >= 15 is 0 Å². The Morgan fingerprint density at radius 1 is 0.512 bits per heavy atom. The highest BCUT2D eigenvalue weighted by Gasteiger charge is 2.18. The normalized spacial score (nSPS) is 12.0. The Morgan fingerprint density at radius 3 is 1.26 bits per heavy atom. The highest BCUT2D eigenvalue weighted by atomic mass is 16.2. The molecule has 0 heterocycles. The zero-order valence-corrected chi connectivity index (χ0v) is 24.3. The predicted octanol–water partition coefficient (Wildman–Crippen LogP) is 6.42. The van der Waals surface area contributed by atoms with E-state index in [9.17, 15) is 19.2 Å². The number of benzene rings is 4. The monoisotopic (exact) mass is 576 g/mol. The maximum absolute atomic E-state index is 13.0. The van der Waals surface area contributed by atoms with Gasteiger partial charge in [0, 0.05) is 12.8 Å². The van der Waals surface area contributed by atoms with Crippen LogP contribution in [0.3, 0.4) is 0 Å². The van der Waals surface area contributed by atoms with Gasteiger partial charge in [-0.15, -0.1) is 0 Å². The van der Waals surface area contributed by atoms with E-state index in [1.165, 1.54) is 0 Å². The summed E-state index contributed by atoms with van der Waals surface area (Å²) in [6.07, 6.45) is 0.456. The summed E-state index contributed by atoms with van der Waals surface area (Å²) in [5.41, 5.74) is 3.46. The summed E-state index contributed by atoms with van der Waals surface area (Å²) in [6.45, 7) is 3.80. The third-order valence-corrected chi connectivity index (χ3v) is 6.99. The van der Waals surface area contributed by atoms with Crippen LogP contribution in [0.2, 0.25) is 0 Å². The van der Waals surface area contributed by atoms with E-state index < -0.39 is 0 Å². The molecule has 4 amide bonds. The average molecular weight is 577 g/mol. The van der Waals surface area contributed by atoms with Crippen molar-refractivity contribution in [1.82, 2.24) is 10.6 Å². The van der Waals surface area contributed by atoms with E-state index in [-0.39, 0.29) is 55.0 Å². The molecule has 43 heavy (non-hydrogen) atoms. The number of hydrogen-bond donors (Lipinski definition) is 4. The van der Waals surface area contributed by atoms with Crippen LogP contribution in [0, 0.1) is 0 Å². The van der Waals surface area contributed by atoms with E-state index in [1.54, 1.807) is 48.5 Å². The Balaban J connectivity index is 1.27. The highest BCUT2D eigenvalue weighted by Crippen LogP contribution is 2.20. The van der Waals surface area contributed by atoms with Gasteiger partial charge in [-0.3, -0.25) is 19.2 Å². The van der Waals surface area contributed by atoms with Gasteiger partial charge in [0.25, 0.3) is 11.8 Å². The summed E-state index contributed by atoms with van der Waals surface area (Å²) < 4.78 is 0. The van der Waals surface area contributed by atoms with Crippen LogP contribution < -0.4 is 21.3 Å². The zero-order chi connectivity index (χ0) is 30.6. The summed E-state index contributed by atoms with van der Waals surface area (Å²) in [7, 11) is 0. The fourth-order valence-electron chi connectivity index (χ4n) is 4.61. The van der Waals surface area contributed by atoms with Gasteiger partial charge in [0.05, 0.1) is 34.6 Å². The molecule has 4 rings (SSSR count). The molecule has 2 atom stereocenters. The van der Waals surface area contributed by atoms with Gasteiger partial charge in [-0.2, -0.15) is 0 Å². The van der Waals surface area contributed by atoms with Gasteiger partial charge in [0.15, 0.2) is 0 Å². The molecule has 4 aromatic rings. The summed E-state index contributed by atoms with van der Waals surface area (Å²) in [4.78, 5) is 51.4. The van der Waals surface area contributed by atoms with E-state index in [2.05, 4.69) is 21.3 Å². The number of nitrogens with one attached hydrogen (secondary N) is 4. The Labute approximate surface area is 251 Å². The van der Waals surface area contributed by atoms with Gasteiger partial charge in [-0.1, -0.05) is 84.9 Å². The Bertz CT molecular complexity index is 1440. The zero-order valence-electron chi connectivity index (χ0n) is 24.3. The van der Waals surface area contributed by atoms with Crippen molar-refractivity contribution in [1.29, 1.82) is 0 Å². The lowest BCUT2D eigenvalue weighted by molar-refractivity contribution is -0.117. The van der Waals surface area contributed by atoms with Crippen LogP contribution in [0.4, 0.5) is 11.4 Å². The molecule has 0 fully saturated rings. The van der Waals surface area contributed by atoms with Gasteiger partial charge in [0.2, 0.25) is 11.8 Å². The molecule has 220 valence electrons. The van der Waals surface area contributed by atoms with Gasteiger partial charge < -0.3 is 21.3 Å². The Hall–Kier alpha value is -5.24. The Kier molecular flexibility index (Phi) is 10.8. The van der Waals surface area contributed by atoms with Crippen LogP contribution in [0.1, 0.15) is 77.0 Å². The van der Waals surface area contributed by atoms with Crippen molar-refractivity contribution < 1.29 is 19.2 Å². The average Bonchev–Trinajstić information content (AvgIpc) is 3.02. The number of hydrogen-bond acceptors (Lipinski definition) is 4. The second kappa shape index (κ2) is 15.1. The summed E-state index contributed by atoms with van der Waals surface area (Å²) in [5, 5.41) is 11.5. The quantitative estimate of drug-likeness (QED) is 0.156. The van der Waals surface area contributed by atoms with Crippen LogP contribution >= 0.6 is 0 Å². The molecule has 0 aliphatic heterocycles. The number of rotatable bonds is 12. The number of anilines is 2. The minimum absolute atomic E-state index is 0.0838. The standard InChI is InChI=1S/C35H36N4O4/c1-24(26-14-5-3-6-15-26)36-34(42)28-18-9-11-20-30(28)38-32(40)22-13-23-33(41)39-31-21-12-10-19-29(31)35(43)37-25(2)27-16-7-4-8-17-27/h3-12,14-21,24-25H,13,22-23H2,1-2H3,(H,36,42)(H,37,43)(H,38,40)(H,39,41). The highest BCUT2D eigenvalue weighted by molar-refractivity contribution is 6.05. The van der Waals surface area contributed by atoms with Gasteiger partial charge in [0.1, 0.15) is 0 Å². The van der Waals surface area contributed by atoms with E-state index in [1.807, 2.05) is 74.5 Å². The molecule has 4 N–H and O–H groups in total. The third-order valence-electron chi connectivity index (χ3n) is 6.99. The minimum atomic E-state index is -0.307. The van der Waals surface area contributed by atoms with Gasteiger partial charge >= 0.3 is 0 Å². The lowest BCUT2D eigenvalue weighted by Crippen LogP contribution is -2.28. The molecular weight excluding hydrogens is 540 g/mol. The van der Waals surface area contributed by atoms with Crippen molar-refractivity contribution >= 4 is 35.0 Å². The lowest BCUT2D eigenvalue weighted by Gasteiger charge is -2.17. The first kappa shape index (κ1) is 30.7. The lowest BCUT2D eigenvalue weighted by atomic mass is 10.1. The second-order valence-corrected chi connectivity index (χ2v) is 10.3. The fourth-order valence-corrected chi connectivity index (χ4v) is 4.61. The smallest absolute Gasteiger partial charge is 0.253 e. The SMILES string of the molecule is CC(NC(=O)c1ccccc1NC(=O)CCCC(=O)Nc1ccccc1C(=O)NC(C)c1ccccc1)c1ccccc1. The van der Waals surface area contributed by atoms with Crippen LogP contribution in [0.15, 0.2) is 109 Å². The van der Waals surface area contributed by atoms with Crippen LogP contribution in [-0.4, -0.2) is 23.6 Å². The van der Waals surface area contributed by atoms with E-state index in [0.717, 1.165) is 11.1 Å². The molecule has 0 spiro atoms.